The minimum absolute atomic E-state index is 0.168. The summed E-state index contributed by atoms with van der Waals surface area (Å²) >= 11 is 0. The first-order valence-electron chi connectivity index (χ1n) is 9.31. The van der Waals surface area contributed by atoms with Crippen molar-refractivity contribution in [3.8, 4) is 11.1 Å². The summed E-state index contributed by atoms with van der Waals surface area (Å²) in [5.41, 5.74) is 3.11. The summed E-state index contributed by atoms with van der Waals surface area (Å²) in [6.07, 6.45) is 6.18. The molecule has 5 nitrogen and oxygen atoms in total. The van der Waals surface area contributed by atoms with Crippen molar-refractivity contribution in [2.24, 2.45) is 0 Å². The molecule has 5 heteroatoms. The molecule has 0 N–H and O–H groups in total. The fourth-order valence-electron chi connectivity index (χ4n) is 3.16. The molecular weight excluding hydrogens is 326 g/mol. The number of rotatable bonds is 7. The number of aromatic nitrogens is 1. The third-order valence-corrected chi connectivity index (χ3v) is 4.84. The van der Waals surface area contributed by atoms with Gasteiger partial charge in [0.15, 0.2) is 0 Å². The fraction of sp³-hybridized carbons (Fsp3) is 0.429. The Balaban J connectivity index is 1.45. The van der Waals surface area contributed by atoms with Crippen LogP contribution in [0.25, 0.3) is 11.1 Å². The Morgan fingerprint density at radius 3 is 2.58 bits per heavy atom. The number of benzene rings is 1. The van der Waals surface area contributed by atoms with E-state index in [9.17, 15) is 4.79 Å². The van der Waals surface area contributed by atoms with Gasteiger partial charge in [0.1, 0.15) is 0 Å². The number of carbonyl (C=O) groups is 1. The Morgan fingerprint density at radius 2 is 1.88 bits per heavy atom. The molecule has 0 bridgehead atoms. The Hall–Kier alpha value is -2.24. The summed E-state index contributed by atoms with van der Waals surface area (Å²) in [7, 11) is 1.85. The molecule has 138 valence electrons. The van der Waals surface area contributed by atoms with Gasteiger partial charge in [-0.25, -0.2) is 0 Å². The maximum absolute atomic E-state index is 12.4. The van der Waals surface area contributed by atoms with E-state index in [0.717, 1.165) is 62.5 Å². The second-order valence-corrected chi connectivity index (χ2v) is 6.65. The number of ether oxygens (including phenoxy) is 1. The van der Waals surface area contributed by atoms with E-state index < -0.39 is 0 Å². The second kappa shape index (κ2) is 9.46. The molecule has 0 saturated carbocycles. The molecule has 0 spiro atoms. The molecular formula is C21H27N3O2. The maximum atomic E-state index is 12.4. The van der Waals surface area contributed by atoms with E-state index in [2.05, 4.69) is 9.88 Å². The van der Waals surface area contributed by atoms with Crippen molar-refractivity contribution in [1.82, 2.24) is 9.88 Å². The first-order chi connectivity index (χ1) is 12.7. The van der Waals surface area contributed by atoms with Gasteiger partial charge in [-0.2, -0.15) is 0 Å². The molecule has 2 aromatic rings. The van der Waals surface area contributed by atoms with Crippen LogP contribution in [0.1, 0.15) is 19.3 Å². The molecule has 0 atom stereocenters. The quantitative estimate of drug-likeness (QED) is 0.717. The minimum atomic E-state index is 0.168. The molecule has 1 amide bonds. The molecule has 1 saturated heterocycles. The molecule has 0 aliphatic carbocycles. The van der Waals surface area contributed by atoms with Crippen LogP contribution < -0.4 is 4.90 Å². The van der Waals surface area contributed by atoms with Gasteiger partial charge in [-0.1, -0.05) is 18.2 Å². The smallest absolute Gasteiger partial charge is 0.226 e. The van der Waals surface area contributed by atoms with E-state index in [-0.39, 0.29) is 5.91 Å². The van der Waals surface area contributed by atoms with Crippen molar-refractivity contribution in [2.75, 3.05) is 44.8 Å². The first-order valence-corrected chi connectivity index (χ1v) is 9.31. The van der Waals surface area contributed by atoms with Crippen molar-refractivity contribution in [2.45, 2.75) is 19.3 Å². The predicted octanol–water partition coefficient (Wildman–Crippen LogP) is 3.21. The van der Waals surface area contributed by atoms with Crippen LogP contribution in [0.2, 0.25) is 0 Å². The highest BCUT2D eigenvalue weighted by atomic mass is 16.5. The number of unbranched alkanes of at least 4 members (excludes halogenated alkanes) is 1. The maximum Gasteiger partial charge on any atom is 0.226 e. The predicted molar refractivity (Wildman–Crippen MR) is 104 cm³/mol. The van der Waals surface area contributed by atoms with Crippen LogP contribution in [0.4, 0.5) is 5.69 Å². The summed E-state index contributed by atoms with van der Waals surface area (Å²) in [6.45, 7) is 4.74. The summed E-state index contributed by atoms with van der Waals surface area (Å²) in [5.74, 6) is 0.168. The van der Waals surface area contributed by atoms with Crippen molar-refractivity contribution in [1.29, 1.82) is 0 Å². The lowest BCUT2D eigenvalue weighted by Gasteiger charge is -2.26. The van der Waals surface area contributed by atoms with E-state index in [4.69, 9.17) is 4.74 Å². The van der Waals surface area contributed by atoms with Crippen molar-refractivity contribution < 1.29 is 9.53 Å². The van der Waals surface area contributed by atoms with Crippen LogP contribution in [0.15, 0.2) is 48.8 Å². The van der Waals surface area contributed by atoms with Crippen molar-refractivity contribution in [3.63, 3.8) is 0 Å². The summed E-state index contributed by atoms with van der Waals surface area (Å²) in [4.78, 5) is 20.7. The van der Waals surface area contributed by atoms with E-state index in [0.29, 0.717) is 6.42 Å². The number of hydrogen-bond donors (Lipinski definition) is 0. The minimum Gasteiger partial charge on any atom is -0.379 e. The van der Waals surface area contributed by atoms with Gasteiger partial charge in [0.2, 0.25) is 5.91 Å². The molecule has 1 fully saturated rings. The van der Waals surface area contributed by atoms with Gasteiger partial charge >= 0.3 is 0 Å². The Bertz CT molecular complexity index is 682. The summed E-state index contributed by atoms with van der Waals surface area (Å²) in [5, 5.41) is 0. The van der Waals surface area contributed by atoms with Crippen LogP contribution in [-0.4, -0.2) is 55.7 Å². The number of amides is 1. The first kappa shape index (κ1) is 18.5. The number of morpholine rings is 1. The van der Waals surface area contributed by atoms with Gasteiger partial charge in [0.25, 0.3) is 0 Å². The lowest BCUT2D eigenvalue weighted by Crippen LogP contribution is -2.36. The highest BCUT2D eigenvalue weighted by molar-refractivity contribution is 5.93. The Morgan fingerprint density at radius 1 is 1.12 bits per heavy atom. The van der Waals surface area contributed by atoms with Crippen molar-refractivity contribution in [3.05, 3.63) is 48.8 Å². The van der Waals surface area contributed by atoms with E-state index in [1.807, 2.05) is 49.6 Å². The average Bonchev–Trinajstić information content (AvgIpc) is 2.72. The highest BCUT2D eigenvalue weighted by Gasteiger charge is 2.13. The third kappa shape index (κ3) is 5.13. The highest BCUT2D eigenvalue weighted by Crippen LogP contribution is 2.22. The fourth-order valence-corrected chi connectivity index (χ4v) is 3.16. The Kier molecular flexibility index (Phi) is 6.75. The lowest BCUT2D eigenvalue weighted by molar-refractivity contribution is -0.118. The number of hydrogen-bond acceptors (Lipinski definition) is 4. The largest absolute Gasteiger partial charge is 0.379 e. The molecule has 1 aliphatic heterocycles. The number of nitrogens with zero attached hydrogens (tertiary/aromatic N) is 3. The SMILES string of the molecule is CN(C(=O)CCCCN1CCOCC1)c1ccc(-c2cccnc2)cc1. The zero-order valence-corrected chi connectivity index (χ0v) is 15.4. The van der Waals surface area contributed by atoms with Gasteiger partial charge in [-0.3, -0.25) is 14.7 Å². The van der Waals surface area contributed by atoms with Gasteiger partial charge in [0, 0.05) is 44.6 Å². The number of anilines is 1. The van der Waals surface area contributed by atoms with Crippen LogP contribution >= 0.6 is 0 Å². The molecule has 1 aromatic carbocycles. The molecule has 0 unspecified atom stereocenters. The van der Waals surface area contributed by atoms with Gasteiger partial charge in [-0.15, -0.1) is 0 Å². The molecule has 1 aliphatic rings. The number of carbonyl (C=O) groups excluding carboxylic acids is 1. The zero-order chi connectivity index (χ0) is 18.2. The molecule has 1 aromatic heterocycles. The van der Waals surface area contributed by atoms with Crippen LogP contribution in [0.5, 0.6) is 0 Å². The zero-order valence-electron chi connectivity index (χ0n) is 15.4. The standard InChI is InChI=1S/C21H27N3O2/c1-23(21(25)6-2-3-12-24-13-15-26-16-14-24)20-9-7-18(8-10-20)19-5-4-11-22-17-19/h4-5,7-11,17H,2-3,6,12-16H2,1H3. The Labute approximate surface area is 155 Å². The number of pyridine rings is 1. The topological polar surface area (TPSA) is 45.7 Å². The summed E-state index contributed by atoms with van der Waals surface area (Å²) < 4.78 is 5.36. The van der Waals surface area contributed by atoms with Crippen LogP contribution in [0, 0.1) is 0 Å². The van der Waals surface area contributed by atoms with E-state index >= 15 is 0 Å². The van der Waals surface area contributed by atoms with Crippen LogP contribution in [-0.2, 0) is 9.53 Å². The third-order valence-electron chi connectivity index (χ3n) is 4.84. The molecule has 2 heterocycles. The van der Waals surface area contributed by atoms with Gasteiger partial charge in [0.05, 0.1) is 13.2 Å². The second-order valence-electron chi connectivity index (χ2n) is 6.65. The van der Waals surface area contributed by atoms with E-state index in [1.54, 1.807) is 11.1 Å². The van der Waals surface area contributed by atoms with Gasteiger partial charge < -0.3 is 9.64 Å². The normalized spacial score (nSPS) is 15.0. The van der Waals surface area contributed by atoms with Gasteiger partial charge in [-0.05, 0) is 48.7 Å². The summed E-state index contributed by atoms with van der Waals surface area (Å²) in [6, 6.07) is 12.0. The average molecular weight is 353 g/mol. The monoisotopic (exact) mass is 353 g/mol. The molecule has 3 rings (SSSR count). The van der Waals surface area contributed by atoms with Crippen molar-refractivity contribution >= 4 is 11.6 Å². The van der Waals surface area contributed by atoms with E-state index in [1.165, 1.54) is 0 Å². The molecule has 26 heavy (non-hydrogen) atoms. The van der Waals surface area contributed by atoms with Crippen LogP contribution in [0.3, 0.4) is 0 Å². The lowest BCUT2D eigenvalue weighted by atomic mass is 10.1. The molecule has 0 radical (unpaired) electrons.